The summed E-state index contributed by atoms with van der Waals surface area (Å²) in [4.78, 5) is 24.7. The van der Waals surface area contributed by atoms with Gasteiger partial charge in [0.05, 0.1) is 7.11 Å². The molecular formula is C7H5N3O4S. The van der Waals surface area contributed by atoms with E-state index in [0.717, 1.165) is 11.5 Å². The van der Waals surface area contributed by atoms with E-state index in [1.54, 1.807) is 0 Å². The van der Waals surface area contributed by atoms with Crippen molar-refractivity contribution in [2.75, 3.05) is 7.11 Å². The van der Waals surface area contributed by atoms with Crippen molar-refractivity contribution in [2.45, 2.75) is 0 Å². The Labute approximate surface area is 86.5 Å². The molecule has 2 heterocycles. The number of carbonyl (C=O) groups is 1. The molecule has 0 amide bonds. The van der Waals surface area contributed by atoms with Crippen molar-refractivity contribution in [3.63, 3.8) is 0 Å². The van der Waals surface area contributed by atoms with Crippen LogP contribution in [-0.2, 0) is 4.74 Å². The maximum absolute atomic E-state index is 11.3. The first-order valence-corrected chi connectivity index (χ1v) is 4.58. The number of aromatic amines is 1. The number of pyridine rings is 1. The van der Waals surface area contributed by atoms with Gasteiger partial charge in [-0.3, -0.25) is 9.78 Å². The summed E-state index contributed by atoms with van der Waals surface area (Å²) in [6, 6.07) is 0. The zero-order valence-electron chi connectivity index (χ0n) is 7.47. The van der Waals surface area contributed by atoms with Gasteiger partial charge in [-0.05, 0) is 11.5 Å². The zero-order chi connectivity index (χ0) is 11.0. The van der Waals surface area contributed by atoms with Crippen molar-refractivity contribution in [3.8, 4) is 5.88 Å². The molecule has 0 bridgehead atoms. The van der Waals surface area contributed by atoms with Gasteiger partial charge in [-0.2, -0.15) is 0 Å². The van der Waals surface area contributed by atoms with E-state index < -0.39 is 17.4 Å². The number of nitrogens with zero attached hydrogens (tertiary/aromatic N) is 2. The molecule has 0 aromatic carbocycles. The summed E-state index contributed by atoms with van der Waals surface area (Å²) in [5.41, 5.74) is -0.704. The van der Waals surface area contributed by atoms with Gasteiger partial charge in [0.1, 0.15) is 10.3 Å². The van der Waals surface area contributed by atoms with E-state index in [-0.39, 0.29) is 15.8 Å². The van der Waals surface area contributed by atoms with E-state index in [9.17, 15) is 14.7 Å². The number of carbonyl (C=O) groups excluding carboxylic acids is 1. The predicted molar refractivity (Wildman–Crippen MR) is 51.0 cm³/mol. The molecule has 78 valence electrons. The maximum Gasteiger partial charge on any atom is 0.344 e. The first kappa shape index (κ1) is 9.59. The molecule has 8 heteroatoms. The molecule has 2 rings (SSSR count). The Bertz CT molecular complexity index is 587. The molecule has 0 spiro atoms. The fraction of sp³-hybridized carbons (Fsp3) is 0.143. The van der Waals surface area contributed by atoms with Crippen molar-refractivity contribution < 1.29 is 14.6 Å². The lowest BCUT2D eigenvalue weighted by molar-refractivity contribution is 0.0599. The molecule has 0 radical (unpaired) electrons. The summed E-state index contributed by atoms with van der Waals surface area (Å²) >= 11 is 0.844. The molecule has 7 nitrogen and oxygen atoms in total. The molecule has 0 fully saturated rings. The van der Waals surface area contributed by atoms with Gasteiger partial charge >= 0.3 is 5.97 Å². The quantitative estimate of drug-likeness (QED) is 0.657. The molecule has 0 saturated carbocycles. The van der Waals surface area contributed by atoms with Gasteiger partial charge in [-0.1, -0.05) is 4.49 Å². The number of aromatic nitrogens is 3. The molecule has 15 heavy (non-hydrogen) atoms. The Hall–Kier alpha value is -1.96. The number of ether oxygens (including phenoxy) is 1. The minimum Gasteiger partial charge on any atom is -0.494 e. The minimum absolute atomic E-state index is 0.0122. The number of hydrogen-bond donors (Lipinski definition) is 2. The second kappa shape index (κ2) is 3.31. The van der Waals surface area contributed by atoms with E-state index in [2.05, 4.69) is 19.3 Å². The first-order valence-electron chi connectivity index (χ1n) is 3.80. The molecule has 0 saturated heterocycles. The summed E-state index contributed by atoms with van der Waals surface area (Å²) in [5.74, 6) is -1.29. The van der Waals surface area contributed by atoms with Crippen LogP contribution in [0.2, 0.25) is 0 Å². The van der Waals surface area contributed by atoms with E-state index in [1.807, 2.05) is 0 Å². The van der Waals surface area contributed by atoms with Crippen molar-refractivity contribution in [2.24, 2.45) is 0 Å². The maximum atomic E-state index is 11.3. The highest BCUT2D eigenvalue weighted by molar-refractivity contribution is 7.13. The van der Waals surface area contributed by atoms with Gasteiger partial charge in [0, 0.05) is 0 Å². The Morgan fingerprint density at radius 1 is 1.60 bits per heavy atom. The second-order valence-electron chi connectivity index (χ2n) is 2.62. The zero-order valence-corrected chi connectivity index (χ0v) is 8.29. The van der Waals surface area contributed by atoms with Crippen LogP contribution in [0, 0.1) is 0 Å². The Kier molecular flexibility index (Phi) is 2.12. The van der Waals surface area contributed by atoms with E-state index in [1.165, 1.54) is 7.11 Å². The lowest BCUT2D eigenvalue weighted by Gasteiger charge is -2.01. The Morgan fingerprint density at radius 2 is 2.33 bits per heavy atom. The number of rotatable bonds is 1. The smallest absolute Gasteiger partial charge is 0.344 e. The van der Waals surface area contributed by atoms with Gasteiger partial charge in [-0.15, -0.1) is 5.10 Å². The largest absolute Gasteiger partial charge is 0.494 e. The van der Waals surface area contributed by atoms with Gasteiger partial charge in [0.25, 0.3) is 5.56 Å². The molecule has 2 aromatic heterocycles. The lowest BCUT2D eigenvalue weighted by Crippen LogP contribution is -2.11. The Balaban J connectivity index is 2.88. The molecule has 0 aliphatic heterocycles. The van der Waals surface area contributed by atoms with Crippen LogP contribution in [0.15, 0.2) is 4.79 Å². The van der Waals surface area contributed by atoms with Crippen molar-refractivity contribution in [1.29, 1.82) is 0 Å². The second-order valence-corrected chi connectivity index (χ2v) is 3.37. The van der Waals surface area contributed by atoms with E-state index >= 15 is 0 Å². The predicted octanol–water partition coefficient (Wildman–Crippen LogP) is -0.128. The van der Waals surface area contributed by atoms with Gasteiger partial charge in [0.15, 0.2) is 5.52 Å². The molecule has 0 aliphatic carbocycles. The highest BCUT2D eigenvalue weighted by atomic mass is 32.1. The number of esters is 1. The van der Waals surface area contributed by atoms with E-state index in [0.29, 0.717) is 0 Å². The molecule has 0 aliphatic rings. The summed E-state index contributed by atoms with van der Waals surface area (Å²) in [6.07, 6.45) is 0. The third-order valence-electron chi connectivity index (χ3n) is 1.79. The van der Waals surface area contributed by atoms with Crippen LogP contribution in [0.3, 0.4) is 0 Å². The number of aromatic hydroxyl groups is 1. The molecule has 2 N–H and O–H groups in total. The summed E-state index contributed by atoms with van der Waals surface area (Å²) in [5, 5.41) is 12.9. The molecule has 0 unspecified atom stereocenters. The average molecular weight is 227 g/mol. The summed E-state index contributed by atoms with van der Waals surface area (Å²) in [7, 11) is 1.17. The van der Waals surface area contributed by atoms with Crippen LogP contribution in [-0.4, -0.2) is 32.8 Å². The fourth-order valence-corrected chi connectivity index (χ4v) is 1.83. The molecule has 2 aromatic rings. The Morgan fingerprint density at radius 3 is 3.00 bits per heavy atom. The van der Waals surface area contributed by atoms with Crippen LogP contribution in [0.5, 0.6) is 5.88 Å². The standard InChI is InChI=1S/C7H5N3O4S/c1-14-7(13)2-4-3(9-10-15-4)6(12)8-5(2)11/h1H3,(H2,8,11,12). The van der Waals surface area contributed by atoms with Gasteiger partial charge < -0.3 is 9.84 Å². The monoisotopic (exact) mass is 227 g/mol. The number of H-pyrrole nitrogens is 1. The number of fused-ring (bicyclic) bond motifs is 1. The highest BCUT2D eigenvalue weighted by Crippen LogP contribution is 2.24. The van der Waals surface area contributed by atoms with Crippen molar-refractivity contribution >= 4 is 27.7 Å². The van der Waals surface area contributed by atoms with Crippen LogP contribution in [0.4, 0.5) is 0 Å². The molecular weight excluding hydrogens is 222 g/mol. The third kappa shape index (κ3) is 1.34. The van der Waals surface area contributed by atoms with Gasteiger partial charge in [-0.25, -0.2) is 4.79 Å². The molecule has 0 atom stereocenters. The van der Waals surface area contributed by atoms with Crippen molar-refractivity contribution in [3.05, 3.63) is 15.9 Å². The number of nitrogens with one attached hydrogen (secondary N) is 1. The van der Waals surface area contributed by atoms with Crippen LogP contribution in [0.25, 0.3) is 10.2 Å². The van der Waals surface area contributed by atoms with Crippen LogP contribution < -0.4 is 5.56 Å². The van der Waals surface area contributed by atoms with Crippen LogP contribution in [0.1, 0.15) is 10.4 Å². The number of methoxy groups -OCH3 is 1. The fourth-order valence-electron chi connectivity index (χ4n) is 1.13. The highest BCUT2D eigenvalue weighted by Gasteiger charge is 2.21. The van der Waals surface area contributed by atoms with E-state index in [4.69, 9.17) is 0 Å². The summed E-state index contributed by atoms with van der Waals surface area (Å²) < 4.78 is 8.21. The topological polar surface area (TPSA) is 105 Å². The summed E-state index contributed by atoms with van der Waals surface area (Å²) in [6.45, 7) is 0. The minimum atomic E-state index is -0.750. The average Bonchev–Trinajstić information content (AvgIpc) is 2.66. The SMILES string of the molecule is COC(=O)c1c(O)[nH]c(=O)c2nnsc12. The third-order valence-corrected chi connectivity index (χ3v) is 2.53. The van der Waals surface area contributed by atoms with Gasteiger partial charge in [0.2, 0.25) is 5.88 Å². The normalized spacial score (nSPS) is 10.5. The van der Waals surface area contributed by atoms with Crippen LogP contribution >= 0.6 is 11.5 Å². The van der Waals surface area contributed by atoms with Crippen molar-refractivity contribution in [1.82, 2.24) is 14.6 Å². The number of hydrogen-bond acceptors (Lipinski definition) is 7. The first-order chi connectivity index (χ1) is 7.15. The lowest BCUT2D eigenvalue weighted by atomic mass is 10.2.